The van der Waals surface area contributed by atoms with Crippen LogP contribution in [0.25, 0.3) is 21.9 Å². The van der Waals surface area contributed by atoms with Crippen LogP contribution in [-0.4, -0.2) is 20.9 Å². The van der Waals surface area contributed by atoms with E-state index in [2.05, 4.69) is 15.2 Å². The van der Waals surface area contributed by atoms with Gasteiger partial charge in [0.1, 0.15) is 11.4 Å². The van der Waals surface area contributed by atoms with E-state index in [0.29, 0.717) is 10.9 Å². The maximum atomic E-state index is 13.4. The summed E-state index contributed by atoms with van der Waals surface area (Å²) >= 11 is 0. The van der Waals surface area contributed by atoms with Crippen LogP contribution in [0.4, 0.5) is 15.8 Å². The number of aromatic nitrogens is 1. The molecule has 2 N–H and O–H groups in total. The Kier molecular flexibility index (Phi) is 3.65. The van der Waals surface area contributed by atoms with Crippen molar-refractivity contribution in [3.63, 3.8) is 0 Å². The molecular formula is C17H9FN4O5. The molecule has 0 radical (unpaired) electrons. The van der Waals surface area contributed by atoms with Gasteiger partial charge in [0.2, 0.25) is 5.88 Å². The highest BCUT2D eigenvalue weighted by Crippen LogP contribution is 2.36. The van der Waals surface area contributed by atoms with Crippen LogP contribution in [0.15, 0.2) is 57.1 Å². The SMILES string of the molecule is O=C(N=Nc1c(O)[nH]c2ccc(F)cc12)c1cc2cc([N+](=O)[O-])ccc2o1. The molecule has 134 valence electrons. The standard InChI is InChI=1S/C17H9FN4O5/c18-9-1-3-12-11(7-9)15(17(24)19-12)20-21-16(23)14-6-8-5-10(22(25)26)2-4-13(8)27-14/h1-7,19,24H. The van der Waals surface area contributed by atoms with Gasteiger partial charge in [0.25, 0.3) is 5.69 Å². The summed E-state index contributed by atoms with van der Waals surface area (Å²) in [5, 5.41) is 28.5. The molecule has 0 aliphatic rings. The minimum Gasteiger partial charge on any atom is -0.493 e. The Balaban J connectivity index is 1.68. The molecule has 4 rings (SSSR count). The third-order valence-corrected chi connectivity index (χ3v) is 3.88. The Labute approximate surface area is 148 Å². The van der Waals surface area contributed by atoms with Crippen LogP contribution < -0.4 is 0 Å². The quantitative estimate of drug-likeness (QED) is 0.310. The third kappa shape index (κ3) is 2.88. The number of non-ortho nitro benzene ring substituents is 1. The molecule has 0 aliphatic carbocycles. The molecular weight excluding hydrogens is 359 g/mol. The maximum absolute atomic E-state index is 13.4. The Morgan fingerprint density at radius 2 is 2.04 bits per heavy atom. The molecule has 0 fully saturated rings. The van der Waals surface area contributed by atoms with Gasteiger partial charge in [-0.3, -0.25) is 14.9 Å². The minimum absolute atomic E-state index is 0.0930. The van der Waals surface area contributed by atoms with Gasteiger partial charge >= 0.3 is 5.91 Å². The Hall–Kier alpha value is -4.08. The van der Waals surface area contributed by atoms with Gasteiger partial charge in [-0.15, -0.1) is 10.2 Å². The first-order valence-electron chi connectivity index (χ1n) is 7.56. The summed E-state index contributed by atoms with van der Waals surface area (Å²) in [5.74, 6) is -1.95. The summed E-state index contributed by atoms with van der Waals surface area (Å²) < 4.78 is 18.7. The number of hydrogen-bond donors (Lipinski definition) is 2. The second-order valence-corrected chi connectivity index (χ2v) is 5.61. The van der Waals surface area contributed by atoms with Gasteiger partial charge in [0.15, 0.2) is 11.4 Å². The summed E-state index contributed by atoms with van der Waals surface area (Å²) in [6, 6.07) is 8.95. The summed E-state index contributed by atoms with van der Waals surface area (Å²) in [7, 11) is 0. The van der Waals surface area contributed by atoms with Gasteiger partial charge in [-0.1, -0.05) is 0 Å². The summed E-state index contributed by atoms with van der Waals surface area (Å²) in [5.41, 5.74) is 0.460. The molecule has 2 aromatic carbocycles. The molecule has 10 heteroatoms. The van der Waals surface area contributed by atoms with Crippen molar-refractivity contribution < 1.29 is 23.6 Å². The summed E-state index contributed by atoms with van der Waals surface area (Å²) in [6.07, 6.45) is 0. The Morgan fingerprint density at radius 3 is 2.81 bits per heavy atom. The molecule has 0 aliphatic heterocycles. The van der Waals surface area contributed by atoms with Crippen LogP contribution in [0.5, 0.6) is 5.88 Å². The van der Waals surface area contributed by atoms with E-state index in [9.17, 15) is 24.4 Å². The number of amides is 1. The topological polar surface area (TPSA) is 134 Å². The Morgan fingerprint density at radius 1 is 1.22 bits per heavy atom. The van der Waals surface area contributed by atoms with Crippen LogP contribution in [0.1, 0.15) is 10.6 Å². The number of halogens is 1. The first-order chi connectivity index (χ1) is 12.9. The fourth-order valence-electron chi connectivity index (χ4n) is 2.63. The molecule has 0 atom stereocenters. The molecule has 0 bridgehead atoms. The molecule has 4 aromatic rings. The first kappa shape index (κ1) is 16.4. The van der Waals surface area contributed by atoms with Crippen molar-refractivity contribution in [2.24, 2.45) is 10.2 Å². The van der Waals surface area contributed by atoms with Crippen molar-refractivity contribution in [2.75, 3.05) is 0 Å². The maximum Gasteiger partial charge on any atom is 0.331 e. The largest absolute Gasteiger partial charge is 0.493 e. The number of aromatic hydroxyl groups is 1. The molecule has 0 spiro atoms. The van der Waals surface area contributed by atoms with Crippen LogP contribution in [0.3, 0.4) is 0 Å². The number of fused-ring (bicyclic) bond motifs is 2. The smallest absolute Gasteiger partial charge is 0.331 e. The van der Waals surface area contributed by atoms with E-state index in [0.717, 1.165) is 6.07 Å². The van der Waals surface area contributed by atoms with E-state index in [1.54, 1.807) is 0 Å². The number of furan rings is 1. The fraction of sp³-hybridized carbons (Fsp3) is 0. The van der Waals surface area contributed by atoms with Crippen LogP contribution in [0, 0.1) is 15.9 Å². The molecule has 2 aromatic heterocycles. The zero-order valence-electron chi connectivity index (χ0n) is 13.3. The monoisotopic (exact) mass is 368 g/mol. The number of rotatable bonds is 3. The number of nitrogens with one attached hydrogen (secondary N) is 1. The van der Waals surface area contributed by atoms with E-state index in [1.165, 1.54) is 36.4 Å². The van der Waals surface area contributed by atoms with Crippen molar-refractivity contribution >= 4 is 39.2 Å². The summed E-state index contributed by atoms with van der Waals surface area (Å²) in [6.45, 7) is 0. The number of nitro groups is 1. The first-order valence-corrected chi connectivity index (χ1v) is 7.56. The average Bonchev–Trinajstić information content (AvgIpc) is 3.19. The molecule has 0 saturated heterocycles. The van der Waals surface area contributed by atoms with E-state index in [1.807, 2.05) is 0 Å². The fourth-order valence-corrected chi connectivity index (χ4v) is 2.63. The highest BCUT2D eigenvalue weighted by Gasteiger charge is 2.16. The highest BCUT2D eigenvalue weighted by atomic mass is 19.1. The van der Waals surface area contributed by atoms with Crippen LogP contribution in [0.2, 0.25) is 0 Å². The minimum atomic E-state index is -0.862. The van der Waals surface area contributed by atoms with Gasteiger partial charge in [-0.2, -0.15) is 0 Å². The van der Waals surface area contributed by atoms with Gasteiger partial charge in [-0.05, 0) is 30.3 Å². The Bertz CT molecular complexity index is 1260. The zero-order chi connectivity index (χ0) is 19.1. The van der Waals surface area contributed by atoms with Crippen molar-refractivity contribution in [1.29, 1.82) is 0 Å². The van der Waals surface area contributed by atoms with Crippen molar-refractivity contribution in [3.8, 4) is 5.88 Å². The second kappa shape index (κ2) is 6.02. The second-order valence-electron chi connectivity index (χ2n) is 5.61. The average molecular weight is 368 g/mol. The lowest BCUT2D eigenvalue weighted by Gasteiger charge is -1.92. The molecule has 2 heterocycles. The summed E-state index contributed by atoms with van der Waals surface area (Å²) in [4.78, 5) is 25.0. The number of nitro benzene ring substituents is 1. The number of hydrogen-bond acceptors (Lipinski definition) is 6. The van der Waals surface area contributed by atoms with Gasteiger partial charge in [-0.25, -0.2) is 4.39 Å². The predicted molar refractivity (Wildman–Crippen MR) is 91.6 cm³/mol. The van der Waals surface area contributed by atoms with Crippen molar-refractivity contribution in [2.45, 2.75) is 0 Å². The van der Waals surface area contributed by atoms with Crippen LogP contribution in [-0.2, 0) is 0 Å². The van der Waals surface area contributed by atoms with Crippen molar-refractivity contribution in [3.05, 3.63) is 64.2 Å². The van der Waals surface area contributed by atoms with E-state index >= 15 is 0 Å². The van der Waals surface area contributed by atoms with Crippen LogP contribution >= 0.6 is 0 Å². The lowest BCUT2D eigenvalue weighted by molar-refractivity contribution is -0.384. The molecule has 9 nitrogen and oxygen atoms in total. The number of azo groups is 1. The van der Waals surface area contributed by atoms with E-state index in [-0.39, 0.29) is 34.0 Å². The number of carbonyl (C=O) groups excluding carboxylic acids is 1. The lowest BCUT2D eigenvalue weighted by Crippen LogP contribution is -1.89. The zero-order valence-corrected chi connectivity index (χ0v) is 13.3. The number of H-pyrrole nitrogens is 1. The molecule has 27 heavy (non-hydrogen) atoms. The van der Waals surface area contributed by atoms with Gasteiger partial charge in [0.05, 0.1) is 10.4 Å². The third-order valence-electron chi connectivity index (χ3n) is 3.88. The number of nitrogens with zero attached hydrogens (tertiary/aromatic N) is 3. The van der Waals surface area contributed by atoms with E-state index in [4.69, 9.17) is 4.42 Å². The normalized spacial score (nSPS) is 11.6. The molecule has 0 unspecified atom stereocenters. The predicted octanol–water partition coefficient (Wildman–Crippen LogP) is 4.59. The molecule has 0 saturated carbocycles. The van der Waals surface area contributed by atoms with Gasteiger partial charge in [0, 0.05) is 22.9 Å². The van der Waals surface area contributed by atoms with E-state index < -0.39 is 16.6 Å². The molecule has 1 amide bonds. The van der Waals surface area contributed by atoms with Gasteiger partial charge < -0.3 is 14.5 Å². The number of carbonyl (C=O) groups is 1. The highest BCUT2D eigenvalue weighted by molar-refractivity contribution is 5.98. The number of benzene rings is 2. The lowest BCUT2D eigenvalue weighted by atomic mass is 10.2. The number of aromatic amines is 1. The van der Waals surface area contributed by atoms with Crippen molar-refractivity contribution in [1.82, 2.24) is 4.98 Å².